The number of rotatable bonds is 10. The molecule has 5 aromatic carbocycles. The number of hydrogen-bond acceptors (Lipinski definition) is 15. The van der Waals surface area contributed by atoms with E-state index in [-0.39, 0.29) is 72.6 Å². The van der Waals surface area contributed by atoms with Gasteiger partial charge in [0, 0.05) is 74.7 Å². The second-order valence-electron chi connectivity index (χ2n) is 13.8. The molecule has 0 saturated carbocycles. The summed E-state index contributed by atoms with van der Waals surface area (Å²) < 4.78 is 0. The molecule has 3 heterocycles. The van der Waals surface area contributed by atoms with Gasteiger partial charge in [0.05, 0.1) is 5.52 Å². The summed E-state index contributed by atoms with van der Waals surface area (Å²) in [6.45, 7) is 2.06. The van der Waals surface area contributed by atoms with Crippen LogP contribution < -0.4 is 55.3 Å². The standard InChI is InChI=1S/C27H24N8O.C17H17N7O.3ClH.H5P3/c1-16-2-11-22-21(14-16)23(12-13-30-22)31-18-7-9-20(10-8-18)33-26(36)17-3-5-19(6-4-17)32-25-15-24(28)34-27(29)35-25;18-11-3-7-13(8-4-11)22-16(25)10-1-5-12(6-2-10)21-15-9-14(19)23-17(20)24-15;;;;1-3-2/h2-15H,1H3,(H,30,31)(H,33,36)(H5,28,29,32,34,35);1-9H,18H2,(H,22,25)(H5,19,20,21,23,24);3*1H;3H,1-2H2. The highest BCUT2D eigenvalue weighted by atomic mass is 35.5. The molecule has 8 rings (SSSR count). The Morgan fingerprint density at radius 3 is 1.36 bits per heavy atom. The van der Waals surface area contributed by atoms with Gasteiger partial charge in [-0.3, -0.25) is 14.6 Å². The van der Waals surface area contributed by atoms with Gasteiger partial charge in [0.1, 0.15) is 23.3 Å². The SMILES string of the molecule is Cc1ccc2nccc(Nc3ccc(NC(=O)c4ccc(Nc5cc(N)nc(N)n5)cc4)cc3)c2c1.Cl.Cl.Cl.Nc1ccc(NC(=O)c2ccc(Nc3cc(N)nc(N)n3)cc2)cc1.PPP. The van der Waals surface area contributed by atoms with Crippen LogP contribution >= 0.6 is 63.0 Å². The Morgan fingerprint density at radius 2 is 0.910 bits per heavy atom. The molecule has 0 fully saturated rings. The van der Waals surface area contributed by atoms with Crippen molar-refractivity contribution in [2.75, 3.05) is 55.3 Å². The summed E-state index contributed by atoms with van der Waals surface area (Å²) in [5, 5.41) is 16.3. The molecule has 2 amide bonds. The minimum Gasteiger partial charge on any atom is -0.399 e. The molecule has 17 nitrogen and oxygen atoms in total. The largest absolute Gasteiger partial charge is 0.399 e. The van der Waals surface area contributed by atoms with E-state index < -0.39 is 0 Å². The Balaban J connectivity index is 0.000000339. The molecular formula is C44H49Cl3N15O2P3. The van der Waals surface area contributed by atoms with Crippen molar-refractivity contribution in [3.63, 3.8) is 0 Å². The lowest BCUT2D eigenvalue weighted by atomic mass is 10.1. The quantitative estimate of drug-likeness (QED) is 0.0450. The summed E-state index contributed by atoms with van der Waals surface area (Å²) in [6, 6.07) is 39.6. The number of carbonyl (C=O) groups is 2. The monoisotopic (exact) mass is 1020 g/mol. The number of nitrogens with one attached hydrogen (secondary N) is 5. The number of fused-ring (bicyclic) bond motifs is 1. The molecular weight excluding hydrogens is 970 g/mol. The number of aryl methyl sites for hydroxylation is 1. The van der Waals surface area contributed by atoms with Crippen LogP contribution in [-0.4, -0.2) is 36.7 Å². The van der Waals surface area contributed by atoms with E-state index in [2.05, 4.69) is 82.4 Å². The Hall–Kier alpha value is -6.83. The van der Waals surface area contributed by atoms with Gasteiger partial charge in [-0.15, -0.1) is 55.1 Å². The van der Waals surface area contributed by atoms with E-state index in [1.165, 1.54) is 5.56 Å². The highest BCUT2D eigenvalue weighted by molar-refractivity contribution is 8.33. The van der Waals surface area contributed by atoms with Crippen LogP contribution in [0.3, 0.4) is 0 Å². The molecule has 0 spiro atoms. The van der Waals surface area contributed by atoms with Crippen molar-refractivity contribution in [1.82, 2.24) is 24.9 Å². The van der Waals surface area contributed by atoms with Crippen LogP contribution in [0.25, 0.3) is 10.9 Å². The number of anilines is 13. The highest BCUT2D eigenvalue weighted by Gasteiger charge is 2.10. The summed E-state index contributed by atoms with van der Waals surface area (Å²) >= 11 is 0. The van der Waals surface area contributed by atoms with Crippen molar-refractivity contribution in [3.8, 4) is 0 Å². The van der Waals surface area contributed by atoms with Crippen molar-refractivity contribution in [2.45, 2.75) is 6.92 Å². The maximum absolute atomic E-state index is 12.7. The first-order chi connectivity index (χ1) is 30.8. The molecule has 0 saturated heterocycles. The number of aromatic nitrogens is 5. The third-order valence-electron chi connectivity index (χ3n) is 8.85. The first-order valence-electron chi connectivity index (χ1n) is 19.2. The first-order valence-corrected chi connectivity index (χ1v) is 23.9. The number of halogens is 3. The molecule has 0 aliphatic rings. The van der Waals surface area contributed by atoms with E-state index >= 15 is 0 Å². The molecule has 8 aromatic rings. The summed E-state index contributed by atoms with van der Waals surface area (Å²) in [7, 11) is 6.06. The lowest BCUT2D eigenvalue weighted by molar-refractivity contribution is 0.101. The molecule has 0 aliphatic heterocycles. The number of amides is 2. The number of nitrogens with zero attached hydrogens (tertiary/aromatic N) is 5. The minimum atomic E-state index is -0.216. The van der Waals surface area contributed by atoms with Crippen molar-refractivity contribution >= 4 is 161 Å². The summed E-state index contributed by atoms with van der Waals surface area (Å²) in [5.41, 5.74) is 36.6. The predicted molar refractivity (Wildman–Crippen MR) is 294 cm³/mol. The van der Waals surface area contributed by atoms with Crippen molar-refractivity contribution in [2.24, 2.45) is 0 Å². The van der Waals surface area contributed by atoms with Gasteiger partial charge in [0.15, 0.2) is 0 Å². The van der Waals surface area contributed by atoms with Crippen LogP contribution in [-0.2, 0) is 0 Å². The maximum atomic E-state index is 12.7. The Morgan fingerprint density at radius 1 is 0.507 bits per heavy atom. The lowest BCUT2D eigenvalue weighted by Gasteiger charge is -2.11. The van der Waals surface area contributed by atoms with Crippen LogP contribution in [0.5, 0.6) is 0 Å². The highest BCUT2D eigenvalue weighted by Crippen LogP contribution is 2.28. The van der Waals surface area contributed by atoms with Crippen molar-refractivity contribution < 1.29 is 9.59 Å². The smallest absolute Gasteiger partial charge is 0.255 e. The molecule has 2 atom stereocenters. The van der Waals surface area contributed by atoms with Gasteiger partial charge in [-0.1, -0.05) is 19.6 Å². The molecule has 0 aliphatic carbocycles. The first kappa shape index (κ1) is 54.5. The predicted octanol–water partition coefficient (Wildman–Crippen LogP) is 9.97. The van der Waals surface area contributed by atoms with Gasteiger partial charge in [-0.2, -0.15) is 19.9 Å². The van der Waals surface area contributed by atoms with E-state index in [1.54, 1.807) is 91.1 Å². The molecule has 23 heteroatoms. The summed E-state index contributed by atoms with van der Waals surface area (Å²) in [4.78, 5) is 45.1. The van der Waals surface area contributed by atoms with Crippen LogP contribution in [0.1, 0.15) is 26.3 Å². The fraction of sp³-hybridized carbons (Fsp3) is 0.0227. The second kappa shape index (κ2) is 26.3. The zero-order valence-electron chi connectivity index (χ0n) is 35.6. The fourth-order valence-electron chi connectivity index (χ4n) is 5.94. The van der Waals surface area contributed by atoms with Gasteiger partial charge in [-0.25, -0.2) is 0 Å². The number of pyridine rings is 1. The van der Waals surface area contributed by atoms with Crippen LogP contribution in [0, 0.1) is 6.92 Å². The molecule has 67 heavy (non-hydrogen) atoms. The van der Waals surface area contributed by atoms with E-state index in [1.807, 2.05) is 42.5 Å². The summed E-state index contributed by atoms with van der Waals surface area (Å²) in [6.07, 6.45) is 1.79. The van der Waals surface area contributed by atoms with Crippen LogP contribution in [0.4, 0.5) is 75.0 Å². The molecule has 0 radical (unpaired) electrons. The number of benzene rings is 5. The average molecular weight is 1020 g/mol. The van der Waals surface area contributed by atoms with Gasteiger partial charge in [0.25, 0.3) is 11.8 Å². The number of nitrogens with two attached hydrogens (primary N) is 5. The van der Waals surface area contributed by atoms with Crippen molar-refractivity contribution in [1.29, 1.82) is 0 Å². The normalized spacial score (nSPS) is 9.84. The summed E-state index contributed by atoms with van der Waals surface area (Å²) in [5.74, 6) is 1.23. The Labute approximate surface area is 411 Å². The topological polar surface area (TPSA) is 289 Å². The van der Waals surface area contributed by atoms with Gasteiger partial charge in [0.2, 0.25) is 11.9 Å². The third kappa shape index (κ3) is 16.5. The van der Waals surface area contributed by atoms with Gasteiger partial charge < -0.3 is 55.3 Å². The number of nitrogen functional groups attached to an aromatic ring is 5. The average Bonchev–Trinajstić information content (AvgIpc) is 3.26. The zero-order valence-corrected chi connectivity index (χ0v) is 41.4. The maximum Gasteiger partial charge on any atom is 0.255 e. The van der Waals surface area contributed by atoms with Crippen LogP contribution in [0.15, 0.2) is 140 Å². The molecule has 348 valence electrons. The minimum absolute atomic E-state index is 0. The Bertz CT molecular complexity index is 2830. The zero-order chi connectivity index (χ0) is 45.6. The third-order valence-corrected chi connectivity index (χ3v) is 8.85. The van der Waals surface area contributed by atoms with E-state index in [0.29, 0.717) is 39.8 Å². The molecule has 3 aromatic heterocycles. The van der Waals surface area contributed by atoms with Gasteiger partial charge in [-0.05, 0) is 122 Å². The Kier molecular flexibility index (Phi) is 21.4. The van der Waals surface area contributed by atoms with Gasteiger partial charge >= 0.3 is 0 Å². The molecule has 15 N–H and O–H groups in total. The fourth-order valence-corrected chi connectivity index (χ4v) is 5.94. The van der Waals surface area contributed by atoms with Crippen LogP contribution in [0.2, 0.25) is 0 Å². The molecule has 2 unspecified atom stereocenters. The van der Waals surface area contributed by atoms with Crippen molar-refractivity contribution in [3.05, 3.63) is 156 Å². The van der Waals surface area contributed by atoms with E-state index in [4.69, 9.17) is 28.7 Å². The number of hydrogen-bond donors (Lipinski definition) is 10. The lowest BCUT2D eigenvalue weighted by Crippen LogP contribution is -2.11. The van der Waals surface area contributed by atoms with E-state index in [9.17, 15) is 9.59 Å². The second-order valence-corrected chi connectivity index (χ2v) is 18.1. The number of carbonyl (C=O) groups excluding carboxylic acids is 2. The molecule has 0 bridgehead atoms. The van der Waals surface area contributed by atoms with E-state index in [0.717, 1.165) is 41.6 Å².